The molecule has 0 aromatic heterocycles. The molecule has 0 heterocycles. The lowest BCUT2D eigenvalue weighted by Crippen LogP contribution is -2.30. The summed E-state index contributed by atoms with van der Waals surface area (Å²) in [5, 5.41) is 0. The Kier molecular flexibility index (Phi) is 6.38. The Bertz CT molecular complexity index is 340. The molecule has 2 heteroatoms. The lowest BCUT2D eigenvalue weighted by Gasteiger charge is -2.39. The Labute approximate surface area is 141 Å². The first-order valence-corrected chi connectivity index (χ1v) is 10.4. The summed E-state index contributed by atoms with van der Waals surface area (Å²) in [6.45, 7) is 2.34. The first kappa shape index (κ1) is 17.7. The van der Waals surface area contributed by atoms with Gasteiger partial charge in [0.05, 0.1) is 0 Å². The Balaban J connectivity index is 1.37. The number of hydrogen-bond donors (Lipinski definition) is 0. The molecule has 3 aliphatic carbocycles. The Morgan fingerprint density at radius 3 is 1.65 bits per heavy atom. The van der Waals surface area contributed by atoms with Crippen molar-refractivity contribution in [2.75, 3.05) is 0 Å². The summed E-state index contributed by atoms with van der Waals surface area (Å²) < 4.78 is 26.8. The topological polar surface area (TPSA) is 0 Å². The Hall–Kier alpha value is -0.140. The molecular formula is C21H36F2. The molecule has 3 fully saturated rings. The Morgan fingerprint density at radius 2 is 1.13 bits per heavy atom. The van der Waals surface area contributed by atoms with Crippen LogP contribution in [-0.4, -0.2) is 12.3 Å². The summed E-state index contributed by atoms with van der Waals surface area (Å²) in [4.78, 5) is 0. The highest BCUT2D eigenvalue weighted by Gasteiger charge is 2.34. The van der Waals surface area contributed by atoms with Gasteiger partial charge in [-0.1, -0.05) is 39.0 Å². The predicted octanol–water partition coefficient (Wildman–Crippen LogP) is 6.88. The predicted molar refractivity (Wildman–Crippen MR) is 92.9 cm³/mol. The zero-order chi connectivity index (χ0) is 16.2. The molecule has 0 aliphatic heterocycles. The molecule has 3 aliphatic rings. The summed E-state index contributed by atoms with van der Waals surface area (Å²) >= 11 is 0. The fourth-order valence-electron chi connectivity index (χ4n) is 5.81. The van der Waals surface area contributed by atoms with Gasteiger partial charge in [-0.15, -0.1) is 0 Å². The summed E-state index contributed by atoms with van der Waals surface area (Å²) in [6.07, 6.45) is 13.4. The van der Waals surface area contributed by atoms with Gasteiger partial charge in [0.15, 0.2) is 0 Å². The monoisotopic (exact) mass is 326 g/mol. The van der Waals surface area contributed by atoms with Crippen LogP contribution in [0.25, 0.3) is 0 Å². The van der Waals surface area contributed by atoms with Gasteiger partial charge in [-0.05, 0) is 81.0 Å². The van der Waals surface area contributed by atoms with Crippen molar-refractivity contribution >= 4 is 0 Å². The lowest BCUT2D eigenvalue weighted by atomic mass is 9.67. The summed E-state index contributed by atoms with van der Waals surface area (Å²) in [7, 11) is 0. The average Bonchev–Trinajstić information content (AvgIpc) is 2.59. The Morgan fingerprint density at radius 1 is 0.609 bits per heavy atom. The fraction of sp³-hybridized carbons (Fsp3) is 1.00. The van der Waals surface area contributed by atoms with Crippen molar-refractivity contribution in [1.82, 2.24) is 0 Å². The molecule has 3 atom stereocenters. The van der Waals surface area contributed by atoms with Crippen molar-refractivity contribution in [3.05, 3.63) is 0 Å². The normalized spacial score (nSPS) is 45.8. The molecule has 0 aromatic carbocycles. The molecule has 3 saturated carbocycles. The largest absolute Gasteiger partial charge is 0.244 e. The van der Waals surface area contributed by atoms with Gasteiger partial charge >= 0.3 is 0 Å². The first-order chi connectivity index (χ1) is 11.2. The molecule has 0 nitrogen and oxygen atoms in total. The van der Waals surface area contributed by atoms with E-state index in [1.165, 1.54) is 64.2 Å². The van der Waals surface area contributed by atoms with E-state index >= 15 is 0 Å². The van der Waals surface area contributed by atoms with E-state index in [1.807, 2.05) is 0 Å². The van der Waals surface area contributed by atoms with Crippen molar-refractivity contribution in [2.24, 2.45) is 29.6 Å². The minimum absolute atomic E-state index is 0.457. The standard InChI is InChI=1S/C21H36F2/c1-2-15-3-8-18(9-4-15)19-10-5-16(6-11-19)13-17-7-12-20(22)21(23)14-17/h15-21H,2-14H2,1H3. The second-order valence-corrected chi connectivity index (χ2v) is 8.92. The zero-order valence-electron chi connectivity index (χ0n) is 15.0. The smallest absolute Gasteiger partial charge is 0.131 e. The van der Waals surface area contributed by atoms with E-state index < -0.39 is 12.3 Å². The van der Waals surface area contributed by atoms with Crippen LogP contribution < -0.4 is 0 Å². The van der Waals surface area contributed by atoms with Crippen LogP contribution in [-0.2, 0) is 0 Å². The lowest BCUT2D eigenvalue weighted by molar-refractivity contribution is 0.0724. The summed E-state index contributed by atoms with van der Waals surface area (Å²) in [6, 6.07) is 0. The molecule has 0 spiro atoms. The molecule has 0 radical (unpaired) electrons. The second kappa shape index (κ2) is 8.30. The van der Waals surface area contributed by atoms with E-state index in [2.05, 4.69) is 6.92 Å². The quantitative estimate of drug-likeness (QED) is 0.528. The van der Waals surface area contributed by atoms with Crippen molar-refractivity contribution in [2.45, 2.75) is 103 Å². The van der Waals surface area contributed by atoms with Crippen molar-refractivity contribution in [3.63, 3.8) is 0 Å². The van der Waals surface area contributed by atoms with Gasteiger partial charge in [0.1, 0.15) is 12.3 Å². The van der Waals surface area contributed by atoms with E-state index in [4.69, 9.17) is 0 Å². The zero-order valence-corrected chi connectivity index (χ0v) is 15.0. The van der Waals surface area contributed by atoms with Gasteiger partial charge in [0.25, 0.3) is 0 Å². The maximum atomic E-state index is 13.6. The number of rotatable bonds is 4. The maximum Gasteiger partial charge on any atom is 0.131 e. The van der Waals surface area contributed by atoms with E-state index in [0.717, 1.165) is 30.1 Å². The molecule has 0 bridgehead atoms. The fourth-order valence-corrected chi connectivity index (χ4v) is 5.81. The molecule has 0 N–H and O–H groups in total. The van der Waals surface area contributed by atoms with E-state index in [-0.39, 0.29) is 0 Å². The number of hydrogen-bond acceptors (Lipinski definition) is 0. The molecule has 3 unspecified atom stereocenters. The van der Waals surface area contributed by atoms with Crippen LogP contribution in [0.2, 0.25) is 0 Å². The summed E-state index contributed by atoms with van der Waals surface area (Å²) in [5.41, 5.74) is 0. The maximum absolute atomic E-state index is 13.6. The minimum Gasteiger partial charge on any atom is -0.244 e. The highest BCUT2D eigenvalue weighted by Crippen LogP contribution is 2.44. The molecule has 23 heavy (non-hydrogen) atoms. The average molecular weight is 327 g/mol. The van der Waals surface area contributed by atoms with Crippen molar-refractivity contribution < 1.29 is 8.78 Å². The van der Waals surface area contributed by atoms with Crippen LogP contribution >= 0.6 is 0 Å². The SMILES string of the molecule is CCC1CCC(C2CCC(CC3CCC(F)C(F)C3)CC2)CC1. The molecular weight excluding hydrogens is 290 g/mol. The molecule has 3 rings (SSSR count). The van der Waals surface area contributed by atoms with Crippen LogP contribution in [0, 0.1) is 29.6 Å². The summed E-state index contributed by atoms with van der Waals surface area (Å²) in [5.74, 6) is 4.22. The van der Waals surface area contributed by atoms with E-state index in [0.29, 0.717) is 18.8 Å². The van der Waals surface area contributed by atoms with Gasteiger partial charge in [0.2, 0.25) is 0 Å². The third-order valence-corrected chi connectivity index (χ3v) is 7.50. The first-order valence-electron chi connectivity index (χ1n) is 10.4. The molecule has 134 valence electrons. The number of halogens is 2. The third-order valence-electron chi connectivity index (χ3n) is 7.50. The second-order valence-electron chi connectivity index (χ2n) is 8.92. The van der Waals surface area contributed by atoms with Gasteiger partial charge in [-0.2, -0.15) is 0 Å². The van der Waals surface area contributed by atoms with Crippen LogP contribution in [0.5, 0.6) is 0 Å². The van der Waals surface area contributed by atoms with Crippen LogP contribution in [0.3, 0.4) is 0 Å². The van der Waals surface area contributed by atoms with E-state index in [9.17, 15) is 8.78 Å². The molecule has 0 saturated heterocycles. The van der Waals surface area contributed by atoms with Gasteiger partial charge < -0.3 is 0 Å². The van der Waals surface area contributed by atoms with E-state index in [1.54, 1.807) is 0 Å². The van der Waals surface area contributed by atoms with Gasteiger partial charge in [-0.3, -0.25) is 0 Å². The highest BCUT2D eigenvalue weighted by atomic mass is 19.2. The third kappa shape index (κ3) is 4.69. The van der Waals surface area contributed by atoms with Crippen molar-refractivity contribution in [1.29, 1.82) is 0 Å². The number of alkyl halides is 2. The van der Waals surface area contributed by atoms with Crippen LogP contribution in [0.1, 0.15) is 90.4 Å². The molecule has 0 aromatic rings. The highest BCUT2D eigenvalue weighted by molar-refractivity contribution is 4.85. The van der Waals surface area contributed by atoms with Gasteiger partial charge in [-0.25, -0.2) is 8.78 Å². The van der Waals surface area contributed by atoms with Crippen molar-refractivity contribution in [3.8, 4) is 0 Å². The minimum atomic E-state index is -1.18. The van der Waals surface area contributed by atoms with Crippen LogP contribution in [0.15, 0.2) is 0 Å². The van der Waals surface area contributed by atoms with Gasteiger partial charge in [0, 0.05) is 0 Å². The van der Waals surface area contributed by atoms with Crippen LogP contribution in [0.4, 0.5) is 8.78 Å². The molecule has 0 amide bonds.